The molecular formula is C13H17FN2O. The number of halogens is 1. The van der Waals surface area contributed by atoms with Crippen molar-refractivity contribution in [3.63, 3.8) is 0 Å². The molecule has 2 saturated heterocycles. The summed E-state index contributed by atoms with van der Waals surface area (Å²) in [6, 6.07) is 6.88. The zero-order chi connectivity index (χ0) is 11.7. The summed E-state index contributed by atoms with van der Waals surface area (Å²) in [4.78, 5) is 0. The third-order valence-electron chi connectivity index (χ3n) is 3.61. The molecule has 3 nitrogen and oxygen atoms in total. The minimum atomic E-state index is -0.203. The Morgan fingerprint density at radius 2 is 2.41 bits per heavy atom. The maximum atomic E-state index is 13.1. The molecule has 0 saturated carbocycles. The molecule has 3 rings (SSSR count). The third-order valence-corrected chi connectivity index (χ3v) is 3.61. The van der Waals surface area contributed by atoms with Crippen molar-refractivity contribution in [3.8, 4) is 0 Å². The van der Waals surface area contributed by atoms with Crippen LogP contribution in [0.15, 0.2) is 24.3 Å². The second-order valence-electron chi connectivity index (χ2n) is 4.98. The average molecular weight is 236 g/mol. The molecule has 0 aromatic heterocycles. The fourth-order valence-electron chi connectivity index (χ4n) is 2.77. The van der Waals surface area contributed by atoms with Crippen LogP contribution in [0.2, 0.25) is 0 Å². The molecule has 4 heteroatoms. The fraction of sp³-hybridized carbons (Fsp3) is 0.538. The maximum absolute atomic E-state index is 13.1. The molecule has 1 aromatic carbocycles. The largest absolute Gasteiger partial charge is 0.380 e. The van der Waals surface area contributed by atoms with Crippen molar-refractivity contribution >= 4 is 5.69 Å². The van der Waals surface area contributed by atoms with Gasteiger partial charge in [0.2, 0.25) is 0 Å². The summed E-state index contributed by atoms with van der Waals surface area (Å²) < 4.78 is 19.0. The van der Waals surface area contributed by atoms with Crippen LogP contribution in [-0.4, -0.2) is 31.3 Å². The summed E-state index contributed by atoms with van der Waals surface area (Å²) in [7, 11) is 0. The normalized spacial score (nSPS) is 32.2. The Bertz CT molecular complexity index is 404. The lowest BCUT2D eigenvalue weighted by molar-refractivity contribution is 0.0214. The Morgan fingerprint density at radius 1 is 1.47 bits per heavy atom. The highest BCUT2D eigenvalue weighted by molar-refractivity contribution is 5.44. The highest BCUT2D eigenvalue weighted by Gasteiger charge is 2.42. The molecular weight excluding hydrogens is 219 g/mol. The van der Waals surface area contributed by atoms with E-state index < -0.39 is 0 Å². The van der Waals surface area contributed by atoms with Crippen LogP contribution in [-0.2, 0) is 4.74 Å². The van der Waals surface area contributed by atoms with Crippen LogP contribution in [0, 0.1) is 5.82 Å². The molecule has 92 valence electrons. The van der Waals surface area contributed by atoms with Gasteiger partial charge in [-0.3, -0.25) is 0 Å². The number of rotatable bonds is 2. The van der Waals surface area contributed by atoms with Crippen LogP contribution in [0.4, 0.5) is 10.1 Å². The molecule has 1 spiro atoms. The standard InChI is InChI=1S/C13H17FN2O/c14-10-2-1-3-11(6-10)16-12-7-13(17-8-12)4-5-15-9-13/h1-3,6,12,15-16H,4-5,7-9H2/t12-,13-/m1/s1. The molecule has 2 heterocycles. The second-order valence-corrected chi connectivity index (χ2v) is 4.98. The molecule has 2 aliphatic rings. The maximum Gasteiger partial charge on any atom is 0.125 e. The SMILES string of the molecule is Fc1cccc(N[C@H]2CO[C@]3(CCNC3)C2)c1. The van der Waals surface area contributed by atoms with Crippen LogP contribution >= 0.6 is 0 Å². The molecule has 2 N–H and O–H groups in total. The van der Waals surface area contributed by atoms with Gasteiger partial charge in [0.15, 0.2) is 0 Å². The van der Waals surface area contributed by atoms with E-state index in [4.69, 9.17) is 4.74 Å². The predicted octanol–water partition coefficient (Wildman–Crippen LogP) is 1.76. The van der Waals surface area contributed by atoms with Gasteiger partial charge >= 0.3 is 0 Å². The molecule has 0 radical (unpaired) electrons. The molecule has 2 atom stereocenters. The lowest BCUT2D eigenvalue weighted by Crippen LogP contribution is -2.31. The van der Waals surface area contributed by atoms with Gasteiger partial charge in [0.25, 0.3) is 0 Å². The van der Waals surface area contributed by atoms with Crippen molar-refractivity contribution in [2.45, 2.75) is 24.5 Å². The zero-order valence-corrected chi connectivity index (χ0v) is 9.71. The van der Waals surface area contributed by atoms with Crippen LogP contribution in [0.5, 0.6) is 0 Å². The Kier molecular flexibility index (Phi) is 2.76. The number of hydrogen-bond donors (Lipinski definition) is 2. The molecule has 17 heavy (non-hydrogen) atoms. The highest BCUT2D eigenvalue weighted by Crippen LogP contribution is 2.32. The first-order valence-electron chi connectivity index (χ1n) is 6.13. The smallest absolute Gasteiger partial charge is 0.125 e. The number of hydrogen-bond acceptors (Lipinski definition) is 3. The lowest BCUT2D eigenvalue weighted by Gasteiger charge is -2.20. The number of benzene rings is 1. The van der Waals surface area contributed by atoms with Gasteiger partial charge in [-0.1, -0.05) is 6.07 Å². The van der Waals surface area contributed by atoms with Gasteiger partial charge in [-0.05, 0) is 31.2 Å². The summed E-state index contributed by atoms with van der Waals surface area (Å²) in [5, 5.41) is 6.68. The van der Waals surface area contributed by atoms with Gasteiger partial charge in [0.1, 0.15) is 5.82 Å². The minimum absolute atomic E-state index is 0.0188. The topological polar surface area (TPSA) is 33.3 Å². The van der Waals surface area contributed by atoms with Crippen LogP contribution < -0.4 is 10.6 Å². The van der Waals surface area contributed by atoms with E-state index >= 15 is 0 Å². The highest BCUT2D eigenvalue weighted by atomic mass is 19.1. The Morgan fingerprint density at radius 3 is 3.18 bits per heavy atom. The van der Waals surface area contributed by atoms with Gasteiger partial charge in [-0.2, -0.15) is 0 Å². The number of ether oxygens (including phenoxy) is 1. The minimum Gasteiger partial charge on any atom is -0.380 e. The van der Waals surface area contributed by atoms with E-state index in [0.717, 1.165) is 31.6 Å². The monoisotopic (exact) mass is 236 g/mol. The van der Waals surface area contributed by atoms with Gasteiger partial charge < -0.3 is 15.4 Å². The van der Waals surface area contributed by atoms with Crippen molar-refractivity contribution < 1.29 is 9.13 Å². The number of nitrogens with one attached hydrogen (secondary N) is 2. The van der Waals surface area contributed by atoms with E-state index in [2.05, 4.69) is 10.6 Å². The predicted molar refractivity (Wildman–Crippen MR) is 64.6 cm³/mol. The van der Waals surface area contributed by atoms with E-state index in [-0.39, 0.29) is 17.5 Å². The summed E-state index contributed by atoms with van der Waals surface area (Å²) >= 11 is 0. The number of anilines is 1. The summed E-state index contributed by atoms with van der Waals surface area (Å²) in [6.07, 6.45) is 2.07. The Hall–Kier alpha value is -1.13. The molecule has 0 aliphatic carbocycles. The zero-order valence-electron chi connectivity index (χ0n) is 9.71. The van der Waals surface area contributed by atoms with E-state index in [1.54, 1.807) is 6.07 Å². The Labute approximate surface area is 100 Å². The second kappa shape index (κ2) is 4.27. The Balaban J connectivity index is 1.64. The van der Waals surface area contributed by atoms with Crippen LogP contribution in [0.3, 0.4) is 0 Å². The van der Waals surface area contributed by atoms with E-state index in [9.17, 15) is 4.39 Å². The van der Waals surface area contributed by atoms with E-state index in [0.29, 0.717) is 6.61 Å². The summed E-state index contributed by atoms with van der Waals surface area (Å²) in [6.45, 7) is 2.68. The van der Waals surface area contributed by atoms with Gasteiger partial charge in [0.05, 0.1) is 18.2 Å². The summed E-state index contributed by atoms with van der Waals surface area (Å²) in [5.41, 5.74) is 0.854. The fourth-order valence-corrected chi connectivity index (χ4v) is 2.77. The molecule has 2 fully saturated rings. The van der Waals surface area contributed by atoms with Gasteiger partial charge in [-0.25, -0.2) is 4.39 Å². The molecule has 0 unspecified atom stereocenters. The first-order chi connectivity index (χ1) is 8.26. The molecule has 1 aromatic rings. The molecule has 2 aliphatic heterocycles. The lowest BCUT2D eigenvalue weighted by atomic mass is 9.97. The van der Waals surface area contributed by atoms with Crippen LogP contribution in [0.1, 0.15) is 12.8 Å². The van der Waals surface area contributed by atoms with Gasteiger partial charge in [-0.15, -0.1) is 0 Å². The van der Waals surface area contributed by atoms with Crippen molar-refractivity contribution in [2.75, 3.05) is 25.0 Å². The first-order valence-corrected chi connectivity index (χ1v) is 6.13. The van der Waals surface area contributed by atoms with Gasteiger partial charge in [0, 0.05) is 18.7 Å². The first kappa shape index (κ1) is 11.0. The molecule has 0 bridgehead atoms. The van der Waals surface area contributed by atoms with Crippen molar-refractivity contribution in [1.82, 2.24) is 5.32 Å². The average Bonchev–Trinajstić information content (AvgIpc) is 2.90. The molecule has 0 amide bonds. The summed E-state index contributed by atoms with van der Waals surface area (Å²) in [5.74, 6) is -0.203. The van der Waals surface area contributed by atoms with Crippen LogP contribution in [0.25, 0.3) is 0 Å². The van der Waals surface area contributed by atoms with E-state index in [1.807, 2.05) is 6.07 Å². The van der Waals surface area contributed by atoms with Crippen molar-refractivity contribution in [2.24, 2.45) is 0 Å². The van der Waals surface area contributed by atoms with Crippen molar-refractivity contribution in [3.05, 3.63) is 30.1 Å². The van der Waals surface area contributed by atoms with Crippen molar-refractivity contribution in [1.29, 1.82) is 0 Å². The quantitative estimate of drug-likeness (QED) is 0.821. The third kappa shape index (κ3) is 2.28. The van der Waals surface area contributed by atoms with E-state index in [1.165, 1.54) is 12.1 Å².